The molecule has 0 fully saturated rings. The quantitative estimate of drug-likeness (QED) is 0.374. The highest BCUT2D eigenvalue weighted by Gasteiger charge is 2.16. The lowest BCUT2D eigenvalue weighted by Gasteiger charge is -2.06. The summed E-state index contributed by atoms with van der Waals surface area (Å²) >= 11 is 0. The van der Waals surface area contributed by atoms with Gasteiger partial charge >= 0.3 is 6.01 Å². The summed E-state index contributed by atoms with van der Waals surface area (Å²) in [5.74, 6) is -3.12. The first kappa shape index (κ1) is 12.7. The Labute approximate surface area is 105 Å². The Morgan fingerprint density at radius 1 is 1.42 bits per heavy atom. The third kappa shape index (κ3) is 2.59. The summed E-state index contributed by atoms with van der Waals surface area (Å²) in [5.41, 5.74) is 5.12. The molecule has 0 saturated carbocycles. The van der Waals surface area contributed by atoms with Crippen LogP contribution in [0.15, 0.2) is 23.6 Å². The maximum atomic E-state index is 13.7. The molecule has 0 spiro atoms. The van der Waals surface area contributed by atoms with E-state index < -0.39 is 23.2 Å². The number of hydrogen-bond acceptors (Lipinski definition) is 5. The van der Waals surface area contributed by atoms with Crippen molar-refractivity contribution in [1.29, 1.82) is 0 Å². The smallest absolute Gasteiger partial charge is 0.341 e. The molecule has 0 aliphatic heterocycles. The molecule has 0 aliphatic carbocycles. The topological polar surface area (TPSA) is 98.6 Å². The number of oxime groups is 1. The van der Waals surface area contributed by atoms with Crippen LogP contribution in [0, 0.1) is 11.6 Å². The molecular formula is C10H9F2N5O2. The third-order valence-corrected chi connectivity index (χ3v) is 2.17. The summed E-state index contributed by atoms with van der Waals surface area (Å²) in [6.07, 6.45) is 1.32. The first-order valence-corrected chi connectivity index (χ1v) is 5.01. The van der Waals surface area contributed by atoms with Crippen LogP contribution in [0.5, 0.6) is 11.8 Å². The molecule has 1 aromatic heterocycles. The van der Waals surface area contributed by atoms with Gasteiger partial charge < -0.3 is 15.7 Å². The monoisotopic (exact) mass is 269 g/mol. The van der Waals surface area contributed by atoms with E-state index in [1.807, 2.05) is 0 Å². The fraction of sp³-hybridized carbons (Fsp3) is 0.100. The fourth-order valence-electron chi connectivity index (χ4n) is 1.32. The van der Waals surface area contributed by atoms with Crippen molar-refractivity contribution in [1.82, 2.24) is 14.8 Å². The Morgan fingerprint density at radius 3 is 2.53 bits per heavy atom. The molecule has 9 heteroatoms. The predicted molar refractivity (Wildman–Crippen MR) is 59.9 cm³/mol. The Morgan fingerprint density at radius 2 is 2.05 bits per heavy atom. The normalized spacial score (nSPS) is 11.6. The van der Waals surface area contributed by atoms with Crippen molar-refractivity contribution in [2.24, 2.45) is 17.9 Å². The van der Waals surface area contributed by atoms with Crippen LogP contribution in [0.2, 0.25) is 0 Å². The molecule has 3 N–H and O–H groups in total. The van der Waals surface area contributed by atoms with Gasteiger partial charge in [0.2, 0.25) is 5.75 Å². The lowest BCUT2D eigenvalue weighted by molar-refractivity contribution is 0.318. The molecule has 7 nitrogen and oxygen atoms in total. The summed E-state index contributed by atoms with van der Waals surface area (Å²) in [4.78, 5) is 3.67. The SMILES string of the molecule is Cn1cnc(Oc2c(F)cc(C(N)=NO)cc2F)n1. The molecule has 100 valence electrons. The number of hydrogen-bond donors (Lipinski definition) is 2. The van der Waals surface area contributed by atoms with Crippen molar-refractivity contribution in [3.63, 3.8) is 0 Å². The van der Waals surface area contributed by atoms with E-state index in [-0.39, 0.29) is 11.6 Å². The zero-order valence-electron chi connectivity index (χ0n) is 9.71. The summed E-state index contributed by atoms with van der Waals surface area (Å²) in [5, 5.41) is 14.8. The highest BCUT2D eigenvalue weighted by atomic mass is 19.1. The van der Waals surface area contributed by atoms with Gasteiger partial charge in [0, 0.05) is 12.6 Å². The number of aromatic nitrogens is 3. The van der Waals surface area contributed by atoms with Gasteiger partial charge in [-0.15, -0.1) is 5.10 Å². The van der Waals surface area contributed by atoms with Crippen molar-refractivity contribution in [3.05, 3.63) is 35.7 Å². The number of amidine groups is 1. The molecule has 2 aromatic rings. The van der Waals surface area contributed by atoms with Crippen LogP contribution < -0.4 is 10.5 Å². The second-order valence-corrected chi connectivity index (χ2v) is 3.56. The van der Waals surface area contributed by atoms with Crippen molar-refractivity contribution in [2.75, 3.05) is 0 Å². The van der Waals surface area contributed by atoms with Crippen LogP contribution in [0.1, 0.15) is 5.56 Å². The van der Waals surface area contributed by atoms with Crippen LogP contribution in [0.3, 0.4) is 0 Å². The molecule has 19 heavy (non-hydrogen) atoms. The van der Waals surface area contributed by atoms with Gasteiger partial charge in [-0.2, -0.15) is 4.98 Å². The zero-order chi connectivity index (χ0) is 14.0. The Bertz CT molecular complexity index is 618. The maximum absolute atomic E-state index is 13.7. The van der Waals surface area contributed by atoms with E-state index >= 15 is 0 Å². The molecule has 0 amide bonds. The molecule has 0 aliphatic rings. The molecule has 0 atom stereocenters. The van der Waals surface area contributed by atoms with E-state index in [0.717, 1.165) is 12.1 Å². The zero-order valence-corrected chi connectivity index (χ0v) is 9.71. The largest absolute Gasteiger partial charge is 0.417 e. The van der Waals surface area contributed by atoms with Crippen molar-refractivity contribution < 1.29 is 18.7 Å². The summed E-state index contributed by atoms with van der Waals surface area (Å²) in [7, 11) is 1.58. The molecular weight excluding hydrogens is 260 g/mol. The minimum absolute atomic E-state index is 0.112. The van der Waals surface area contributed by atoms with Gasteiger partial charge in [-0.05, 0) is 12.1 Å². The van der Waals surface area contributed by atoms with Crippen LogP contribution in [-0.4, -0.2) is 25.8 Å². The number of ether oxygens (including phenoxy) is 1. The number of nitrogens with two attached hydrogens (primary N) is 1. The molecule has 0 radical (unpaired) electrons. The molecule has 0 bridgehead atoms. The van der Waals surface area contributed by atoms with Crippen molar-refractivity contribution >= 4 is 5.84 Å². The van der Waals surface area contributed by atoms with Gasteiger partial charge in [0.25, 0.3) is 0 Å². The van der Waals surface area contributed by atoms with Gasteiger partial charge in [-0.25, -0.2) is 8.78 Å². The Kier molecular flexibility index (Phi) is 3.27. The second kappa shape index (κ2) is 4.88. The van der Waals surface area contributed by atoms with Gasteiger partial charge in [0.05, 0.1) is 0 Å². The lowest BCUT2D eigenvalue weighted by Crippen LogP contribution is -2.14. The Balaban J connectivity index is 2.37. The standard InChI is InChI=1S/C10H9F2N5O2/c1-17-4-14-10(15-17)19-8-6(11)2-5(3-7(8)12)9(13)16-18/h2-4,18H,1H3,(H2,13,16). The fourth-order valence-corrected chi connectivity index (χ4v) is 1.32. The van der Waals surface area contributed by atoms with Gasteiger partial charge in [-0.1, -0.05) is 5.16 Å². The van der Waals surface area contributed by atoms with Gasteiger partial charge in [0.1, 0.15) is 6.33 Å². The van der Waals surface area contributed by atoms with E-state index in [9.17, 15) is 8.78 Å². The number of rotatable bonds is 3. The second-order valence-electron chi connectivity index (χ2n) is 3.56. The number of halogens is 2. The first-order valence-electron chi connectivity index (χ1n) is 5.01. The molecule has 2 rings (SSSR count). The minimum Gasteiger partial charge on any atom is -0.417 e. The number of benzene rings is 1. The lowest BCUT2D eigenvalue weighted by atomic mass is 10.2. The number of nitrogens with zero attached hydrogens (tertiary/aromatic N) is 4. The molecule has 0 unspecified atom stereocenters. The van der Waals surface area contributed by atoms with E-state index in [0.29, 0.717) is 0 Å². The minimum atomic E-state index is -1.02. The van der Waals surface area contributed by atoms with Gasteiger partial charge in [-0.3, -0.25) is 4.68 Å². The molecule has 1 heterocycles. The Hall–Kier alpha value is -2.71. The summed E-state index contributed by atoms with van der Waals surface area (Å²) < 4.78 is 33.6. The average molecular weight is 269 g/mol. The van der Waals surface area contributed by atoms with E-state index in [4.69, 9.17) is 15.7 Å². The van der Waals surface area contributed by atoms with Crippen LogP contribution in [-0.2, 0) is 7.05 Å². The average Bonchev–Trinajstić information content (AvgIpc) is 2.78. The van der Waals surface area contributed by atoms with Gasteiger partial charge in [0.15, 0.2) is 17.5 Å². The predicted octanol–water partition coefficient (Wildman–Crippen LogP) is 0.980. The third-order valence-electron chi connectivity index (χ3n) is 2.17. The van der Waals surface area contributed by atoms with Crippen LogP contribution in [0.4, 0.5) is 8.78 Å². The van der Waals surface area contributed by atoms with Crippen molar-refractivity contribution in [3.8, 4) is 11.8 Å². The van der Waals surface area contributed by atoms with E-state index in [1.54, 1.807) is 7.05 Å². The number of aryl methyl sites for hydroxylation is 1. The highest BCUT2D eigenvalue weighted by Crippen LogP contribution is 2.26. The highest BCUT2D eigenvalue weighted by molar-refractivity contribution is 5.97. The maximum Gasteiger partial charge on any atom is 0.341 e. The van der Waals surface area contributed by atoms with E-state index in [2.05, 4.69) is 15.2 Å². The molecule has 0 saturated heterocycles. The first-order chi connectivity index (χ1) is 9.01. The van der Waals surface area contributed by atoms with Crippen LogP contribution >= 0.6 is 0 Å². The summed E-state index contributed by atoms with van der Waals surface area (Å²) in [6, 6.07) is 1.55. The van der Waals surface area contributed by atoms with Crippen LogP contribution in [0.25, 0.3) is 0 Å². The summed E-state index contributed by atoms with van der Waals surface area (Å²) in [6.45, 7) is 0. The van der Waals surface area contributed by atoms with E-state index in [1.165, 1.54) is 11.0 Å². The molecule has 1 aromatic carbocycles. The van der Waals surface area contributed by atoms with Crippen molar-refractivity contribution in [2.45, 2.75) is 0 Å².